The normalized spacial score (nSPS) is 12.3. The molecule has 0 saturated carbocycles. The van der Waals surface area contributed by atoms with Crippen molar-refractivity contribution in [2.75, 3.05) is 0 Å². The van der Waals surface area contributed by atoms with Crippen LogP contribution in [0.2, 0.25) is 0 Å². The van der Waals surface area contributed by atoms with Crippen molar-refractivity contribution in [2.45, 2.75) is 19.9 Å². The summed E-state index contributed by atoms with van der Waals surface area (Å²) < 4.78 is 0. The molecule has 1 aromatic heterocycles. The summed E-state index contributed by atoms with van der Waals surface area (Å²) in [5.41, 5.74) is 13.2. The van der Waals surface area contributed by atoms with E-state index in [2.05, 4.69) is 49.4 Å². The summed E-state index contributed by atoms with van der Waals surface area (Å²) in [7, 11) is 0. The highest BCUT2D eigenvalue weighted by Crippen LogP contribution is 2.42. The highest BCUT2D eigenvalue weighted by molar-refractivity contribution is 7.15. The molecule has 0 radical (unpaired) electrons. The summed E-state index contributed by atoms with van der Waals surface area (Å²) in [5, 5.41) is 1.11. The number of aromatic nitrogens is 1. The number of aryl methyl sites for hydroxylation is 1. The summed E-state index contributed by atoms with van der Waals surface area (Å²) in [6, 6.07) is 15.1. The highest BCUT2D eigenvalue weighted by atomic mass is 32.1. The third kappa shape index (κ3) is 2.09. The largest absolute Gasteiger partial charge is 0.326 e. The van der Waals surface area contributed by atoms with Crippen LogP contribution >= 0.6 is 11.3 Å². The number of nitrogens with zero attached hydrogens (tertiary/aromatic N) is 1. The first-order valence-corrected chi connectivity index (χ1v) is 7.95. The second kappa shape index (κ2) is 4.79. The zero-order valence-corrected chi connectivity index (χ0v) is 12.7. The van der Waals surface area contributed by atoms with Gasteiger partial charge in [0.2, 0.25) is 0 Å². The van der Waals surface area contributed by atoms with Gasteiger partial charge in [0.25, 0.3) is 0 Å². The molecule has 104 valence electrons. The third-order valence-corrected chi connectivity index (χ3v) is 5.11. The van der Waals surface area contributed by atoms with E-state index in [0.717, 1.165) is 17.0 Å². The van der Waals surface area contributed by atoms with E-state index in [1.165, 1.54) is 32.8 Å². The van der Waals surface area contributed by atoms with Crippen molar-refractivity contribution in [3.63, 3.8) is 0 Å². The maximum atomic E-state index is 5.65. The first kappa shape index (κ1) is 12.7. The standard InChI is InChI=1S/C18H16N2S/c1-11-2-5-14-9-16-17(15(14)8-11)20-18(21-16)13-6-3-12(10-19)4-7-13/h2-8H,9-10,19H2,1H3. The van der Waals surface area contributed by atoms with Crippen LogP contribution in [-0.2, 0) is 13.0 Å². The molecule has 0 aliphatic heterocycles. The van der Waals surface area contributed by atoms with Crippen LogP contribution in [0.5, 0.6) is 0 Å². The van der Waals surface area contributed by atoms with E-state index < -0.39 is 0 Å². The van der Waals surface area contributed by atoms with Crippen LogP contribution in [0.25, 0.3) is 21.8 Å². The van der Waals surface area contributed by atoms with Crippen molar-refractivity contribution in [2.24, 2.45) is 5.73 Å². The molecule has 0 atom stereocenters. The Bertz CT molecular complexity index is 816. The molecule has 3 aromatic rings. The lowest BCUT2D eigenvalue weighted by Gasteiger charge is -2.02. The third-order valence-electron chi connectivity index (χ3n) is 4.01. The summed E-state index contributed by atoms with van der Waals surface area (Å²) >= 11 is 1.81. The Morgan fingerprint density at radius 3 is 2.71 bits per heavy atom. The number of fused-ring (bicyclic) bond motifs is 3. The quantitative estimate of drug-likeness (QED) is 0.603. The fraction of sp³-hybridized carbons (Fsp3) is 0.167. The maximum absolute atomic E-state index is 5.65. The molecular weight excluding hydrogens is 276 g/mol. The highest BCUT2D eigenvalue weighted by Gasteiger charge is 2.23. The molecule has 2 nitrogen and oxygen atoms in total. The van der Waals surface area contributed by atoms with Gasteiger partial charge in [0.15, 0.2) is 0 Å². The van der Waals surface area contributed by atoms with E-state index in [-0.39, 0.29) is 0 Å². The van der Waals surface area contributed by atoms with E-state index in [9.17, 15) is 0 Å². The number of rotatable bonds is 2. The smallest absolute Gasteiger partial charge is 0.124 e. The molecular formula is C18H16N2S. The lowest BCUT2D eigenvalue weighted by atomic mass is 10.1. The molecule has 0 unspecified atom stereocenters. The molecule has 1 aliphatic rings. The Morgan fingerprint density at radius 1 is 1.14 bits per heavy atom. The molecule has 2 aromatic carbocycles. The second-order valence-electron chi connectivity index (χ2n) is 5.53. The first-order valence-electron chi connectivity index (χ1n) is 7.13. The SMILES string of the molecule is Cc1ccc2c(c1)-c1nc(-c3ccc(CN)cc3)sc1C2. The van der Waals surface area contributed by atoms with Gasteiger partial charge in [-0.1, -0.05) is 42.0 Å². The van der Waals surface area contributed by atoms with Crippen LogP contribution in [0.15, 0.2) is 42.5 Å². The van der Waals surface area contributed by atoms with E-state index in [1.807, 2.05) is 11.3 Å². The van der Waals surface area contributed by atoms with E-state index in [1.54, 1.807) is 0 Å². The van der Waals surface area contributed by atoms with E-state index >= 15 is 0 Å². The van der Waals surface area contributed by atoms with Crippen molar-refractivity contribution < 1.29 is 0 Å². The van der Waals surface area contributed by atoms with Crippen LogP contribution in [0.4, 0.5) is 0 Å². The molecule has 21 heavy (non-hydrogen) atoms. The zero-order valence-electron chi connectivity index (χ0n) is 11.9. The fourth-order valence-electron chi connectivity index (χ4n) is 2.83. The maximum Gasteiger partial charge on any atom is 0.124 e. The zero-order chi connectivity index (χ0) is 14.4. The lowest BCUT2D eigenvalue weighted by molar-refractivity contribution is 1.07. The number of thiazole rings is 1. The Hall–Kier alpha value is -1.97. The second-order valence-corrected chi connectivity index (χ2v) is 6.61. The van der Waals surface area contributed by atoms with Crippen molar-refractivity contribution in [1.82, 2.24) is 4.98 Å². The summed E-state index contributed by atoms with van der Waals surface area (Å²) in [6.07, 6.45) is 1.02. The van der Waals surface area contributed by atoms with Crippen LogP contribution in [0, 0.1) is 6.92 Å². The molecule has 1 aliphatic carbocycles. The minimum absolute atomic E-state index is 0.585. The predicted octanol–water partition coefficient (Wildman–Crippen LogP) is 4.15. The van der Waals surface area contributed by atoms with Crippen LogP contribution in [-0.4, -0.2) is 4.98 Å². The lowest BCUT2D eigenvalue weighted by Crippen LogP contribution is -1.95. The number of hydrogen-bond acceptors (Lipinski definition) is 3. The van der Waals surface area contributed by atoms with Gasteiger partial charge in [-0.2, -0.15) is 0 Å². The Labute approximate surface area is 128 Å². The minimum atomic E-state index is 0.585. The average Bonchev–Trinajstić information content (AvgIpc) is 3.05. The predicted molar refractivity (Wildman–Crippen MR) is 88.4 cm³/mol. The van der Waals surface area contributed by atoms with Crippen molar-refractivity contribution in [3.8, 4) is 21.8 Å². The van der Waals surface area contributed by atoms with Gasteiger partial charge < -0.3 is 5.73 Å². The number of hydrogen-bond donors (Lipinski definition) is 1. The van der Waals surface area contributed by atoms with Gasteiger partial charge in [0, 0.05) is 29.0 Å². The van der Waals surface area contributed by atoms with Gasteiger partial charge >= 0.3 is 0 Å². The summed E-state index contributed by atoms with van der Waals surface area (Å²) in [6.45, 7) is 2.72. The molecule has 4 rings (SSSR count). The van der Waals surface area contributed by atoms with Crippen LogP contribution < -0.4 is 5.73 Å². The van der Waals surface area contributed by atoms with Gasteiger partial charge in [-0.3, -0.25) is 0 Å². The van der Waals surface area contributed by atoms with Gasteiger partial charge in [-0.15, -0.1) is 11.3 Å². The molecule has 0 amide bonds. The molecule has 0 saturated heterocycles. The number of benzene rings is 2. The summed E-state index contributed by atoms with van der Waals surface area (Å²) in [4.78, 5) is 6.27. The Balaban J connectivity index is 1.77. The monoisotopic (exact) mass is 292 g/mol. The first-order chi connectivity index (χ1) is 10.2. The Morgan fingerprint density at radius 2 is 1.95 bits per heavy atom. The van der Waals surface area contributed by atoms with Gasteiger partial charge in [0.05, 0.1) is 5.69 Å². The molecule has 1 heterocycles. The fourth-order valence-corrected chi connectivity index (χ4v) is 3.93. The average molecular weight is 292 g/mol. The van der Waals surface area contributed by atoms with Crippen LogP contribution in [0.3, 0.4) is 0 Å². The van der Waals surface area contributed by atoms with Crippen molar-refractivity contribution in [1.29, 1.82) is 0 Å². The minimum Gasteiger partial charge on any atom is -0.326 e. The van der Waals surface area contributed by atoms with E-state index in [4.69, 9.17) is 10.7 Å². The van der Waals surface area contributed by atoms with Crippen molar-refractivity contribution >= 4 is 11.3 Å². The van der Waals surface area contributed by atoms with Gasteiger partial charge in [0.1, 0.15) is 5.01 Å². The molecule has 2 N–H and O–H groups in total. The molecule has 0 spiro atoms. The topological polar surface area (TPSA) is 38.9 Å². The molecule has 3 heteroatoms. The van der Waals surface area contributed by atoms with Crippen LogP contribution in [0.1, 0.15) is 21.6 Å². The summed E-state index contributed by atoms with van der Waals surface area (Å²) in [5.74, 6) is 0. The van der Waals surface area contributed by atoms with Gasteiger partial charge in [-0.05, 0) is 24.1 Å². The Kier molecular flexibility index (Phi) is 2.91. The van der Waals surface area contributed by atoms with E-state index in [0.29, 0.717) is 6.54 Å². The van der Waals surface area contributed by atoms with Gasteiger partial charge in [-0.25, -0.2) is 4.98 Å². The molecule has 0 fully saturated rings. The van der Waals surface area contributed by atoms with Crippen molar-refractivity contribution in [3.05, 3.63) is 64.0 Å². The number of nitrogens with two attached hydrogens (primary N) is 1. The molecule has 0 bridgehead atoms.